The van der Waals surface area contributed by atoms with E-state index in [1.807, 2.05) is 36.1 Å². The number of amides is 1. The van der Waals surface area contributed by atoms with Crippen LogP contribution in [0.15, 0.2) is 48.5 Å². The zero-order valence-electron chi connectivity index (χ0n) is 13.7. The average Bonchev–Trinajstić information content (AvgIpc) is 2.62. The highest BCUT2D eigenvalue weighted by molar-refractivity contribution is 6.30. The van der Waals surface area contributed by atoms with E-state index in [1.165, 1.54) is 0 Å². The Labute approximate surface area is 146 Å². The third-order valence-corrected chi connectivity index (χ3v) is 4.49. The van der Waals surface area contributed by atoms with Gasteiger partial charge in [-0.05, 0) is 42.8 Å². The summed E-state index contributed by atoms with van der Waals surface area (Å²) in [5.41, 5.74) is 1.64. The lowest BCUT2D eigenvalue weighted by atomic mass is 10.0. The highest BCUT2D eigenvalue weighted by atomic mass is 35.5. The number of halogens is 1. The van der Waals surface area contributed by atoms with Crippen molar-refractivity contribution >= 4 is 17.5 Å². The summed E-state index contributed by atoms with van der Waals surface area (Å²) in [6, 6.07) is 14.8. The van der Waals surface area contributed by atoms with Crippen molar-refractivity contribution < 1.29 is 14.3 Å². The summed E-state index contributed by atoms with van der Waals surface area (Å²) in [6.07, 6.45) is -0.143. The molecule has 1 aliphatic heterocycles. The first-order valence-electron chi connectivity index (χ1n) is 7.90. The number of carbonyl (C=O) groups excluding carboxylic acids is 1. The maximum atomic E-state index is 12.8. The van der Waals surface area contributed by atoms with E-state index >= 15 is 0 Å². The first-order chi connectivity index (χ1) is 11.6. The number of hydrogen-bond acceptors (Lipinski definition) is 3. The maximum Gasteiger partial charge on any atom is 0.254 e. The average molecular weight is 346 g/mol. The normalized spacial score (nSPS) is 20.7. The minimum Gasteiger partial charge on any atom is -0.497 e. The van der Waals surface area contributed by atoms with Gasteiger partial charge in [0.05, 0.1) is 26.3 Å². The first kappa shape index (κ1) is 16.8. The van der Waals surface area contributed by atoms with Crippen molar-refractivity contribution in [2.24, 2.45) is 0 Å². The van der Waals surface area contributed by atoms with Gasteiger partial charge in [-0.2, -0.15) is 0 Å². The van der Waals surface area contributed by atoms with Crippen LogP contribution in [-0.4, -0.2) is 37.1 Å². The Bertz CT molecular complexity index is 717. The summed E-state index contributed by atoms with van der Waals surface area (Å²) in [7, 11) is 1.64. The summed E-state index contributed by atoms with van der Waals surface area (Å²) < 4.78 is 11.1. The van der Waals surface area contributed by atoms with Crippen LogP contribution in [0.2, 0.25) is 5.02 Å². The van der Waals surface area contributed by atoms with Crippen molar-refractivity contribution in [3.63, 3.8) is 0 Å². The van der Waals surface area contributed by atoms with E-state index in [9.17, 15) is 4.79 Å². The number of morpholine rings is 1. The lowest BCUT2D eigenvalue weighted by molar-refractivity contribution is -0.0486. The third kappa shape index (κ3) is 3.55. The molecule has 24 heavy (non-hydrogen) atoms. The van der Waals surface area contributed by atoms with Gasteiger partial charge in [0.2, 0.25) is 0 Å². The second-order valence-electron chi connectivity index (χ2n) is 5.91. The number of benzene rings is 2. The lowest BCUT2D eigenvalue weighted by Crippen LogP contribution is -2.48. The molecule has 0 saturated carbocycles. The van der Waals surface area contributed by atoms with Crippen LogP contribution in [0.4, 0.5) is 0 Å². The van der Waals surface area contributed by atoms with E-state index < -0.39 is 0 Å². The molecule has 0 aromatic heterocycles. The van der Waals surface area contributed by atoms with Crippen molar-refractivity contribution in [3.05, 3.63) is 64.7 Å². The number of hydrogen-bond donors (Lipinski definition) is 0. The smallest absolute Gasteiger partial charge is 0.254 e. The summed E-state index contributed by atoms with van der Waals surface area (Å²) >= 11 is 6.01. The molecule has 2 aromatic carbocycles. The molecule has 1 fully saturated rings. The molecule has 0 spiro atoms. The molecule has 1 amide bonds. The van der Waals surface area contributed by atoms with Gasteiger partial charge < -0.3 is 14.4 Å². The highest BCUT2D eigenvalue weighted by Gasteiger charge is 2.31. The van der Waals surface area contributed by atoms with Gasteiger partial charge >= 0.3 is 0 Å². The molecule has 4 nitrogen and oxygen atoms in total. The monoisotopic (exact) mass is 345 g/mol. The highest BCUT2D eigenvalue weighted by Crippen LogP contribution is 2.27. The second-order valence-corrected chi connectivity index (χ2v) is 6.35. The number of methoxy groups -OCH3 is 1. The van der Waals surface area contributed by atoms with Gasteiger partial charge in [0.15, 0.2) is 0 Å². The fourth-order valence-electron chi connectivity index (χ4n) is 2.85. The van der Waals surface area contributed by atoms with Crippen molar-refractivity contribution in [2.75, 3.05) is 20.3 Å². The summed E-state index contributed by atoms with van der Waals surface area (Å²) in [6.45, 7) is 3.01. The summed E-state index contributed by atoms with van der Waals surface area (Å²) in [5, 5.41) is 0.563. The maximum absolute atomic E-state index is 12.8. The molecule has 2 aromatic rings. The minimum absolute atomic E-state index is 0.0194. The largest absolute Gasteiger partial charge is 0.497 e. The molecular formula is C19H20ClNO3. The third-order valence-electron chi connectivity index (χ3n) is 4.25. The van der Waals surface area contributed by atoms with Crippen LogP contribution in [0.3, 0.4) is 0 Å². The number of ether oxygens (including phenoxy) is 2. The van der Waals surface area contributed by atoms with Gasteiger partial charge in [-0.3, -0.25) is 4.79 Å². The molecule has 0 N–H and O–H groups in total. The van der Waals surface area contributed by atoms with Gasteiger partial charge in [-0.25, -0.2) is 0 Å². The van der Waals surface area contributed by atoms with Crippen LogP contribution in [0.1, 0.15) is 28.9 Å². The van der Waals surface area contributed by atoms with Crippen molar-refractivity contribution in [3.8, 4) is 5.75 Å². The molecule has 1 saturated heterocycles. The molecule has 2 unspecified atom stereocenters. The second kappa shape index (κ2) is 7.24. The van der Waals surface area contributed by atoms with Crippen LogP contribution >= 0.6 is 11.6 Å². The molecule has 0 radical (unpaired) electrons. The van der Waals surface area contributed by atoms with Gasteiger partial charge in [0.1, 0.15) is 11.9 Å². The Balaban J connectivity index is 1.78. The van der Waals surface area contributed by atoms with E-state index in [0.29, 0.717) is 23.7 Å². The fraction of sp³-hybridized carbons (Fsp3) is 0.316. The van der Waals surface area contributed by atoms with E-state index in [1.54, 1.807) is 31.4 Å². The molecular weight excluding hydrogens is 326 g/mol. The quantitative estimate of drug-likeness (QED) is 0.845. The Morgan fingerprint density at radius 3 is 2.67 bits per heavy atom. The van der Waals surface area contributed by atoms with Crippen LogP contribution in [0.5, 0.6) is 5.75 Å². The molecule has 1 heterocycles. The van der Waals surface area contributed by atoms with Crippen LogP contribution in [-0.2, 0) is 4.74 Å². The zero-order chi connectivity index (χ0) is 17.1. The Morgan fingerprint density at radius 1 is 1.25 bits per heavy atom. The Kier molecular flexibility index (Phi) is 5.07. The SMILES string of the molecule is COc1ccc(C2CN(C(=O)c3cccc(Cl)c3)C(C)CO2)cc1. The van der Waals surface area contributed by atoms with Gasteiger partial charge in [0, 0.05) is 10.6 Å². The van der Waals surface area contributed by atoms with Gasteiger partial charge in [0.25, 0.3) is 5.91 Å². The molecule has 3 rings (SSSR count). The number of nitrogens with zero attached hydrogens (tertiary/aromatic N) is 1. The van der Waals surface area contributed by atoms with Crippen molar-refractivity contribution in [1.29, 1.82) is 0 Å². The van der Waals surface area contributed by atoms with E-state index in [-0.39, 0.29) is 18.1 Å². The summed E-state index contributed by atoms with van der Waals surface area (Å²) in [5.74, 6) is 0.779. The van der Waals surface area contributed by atoms with Crippen molar-refractivity contribution in [2.45, 2.75) is 19.1 Å². The van der Waals surface area contributed by atoms with E-state index in [0.717, 1.165) is 11.3 Å². The van der Waals surface area contributed by atoms with E-state index in [4.69, 9.17) is 21.1 Å². The van der Waals surface area contributed by atoms with Gasteiger partial charge in [-0.1, -0.05) is 29.8 Å². The molecule has 2 atom stereocenters. The number of rotatable bonds is 3. The Morgan fingerprint density at radius 2 is 2.00 bits per heavy atom. The van der Waals surface area contributed by atoms with Gasteiger partial charge in [-0.15, -0.1) is 0 Å². The fourth-order valence-corrected chi connectivity index (χ4v) is 3.04. The Hall–Kier alpha value is -2.04. The minimum atomic E-state index is -0.143. The standard InChI is InChI=1S/C19H20ClNO3/c1-13-12-24-18(14-6-8-17(23-2)9-7-14)11-21(13)19(22)15-4-3-5-16(20)10-15/h3-10,13,18H,11-12H2,1-2H3. The number of carbonyl (C=O) groups is 1. The molecule has 5 heteroatoms. The summed E-state index contributed by atoms with van der Waals surface area (Å²) in [4.78, 5) is 14.7. The lowest BCUT2D eigenvalue weighted by Gasteiger charge is -2.38. The van der Waals surface area contributed by atoms with Crippen LogP contribution < -0.4 is 4.74 Å². The first-order valence-corrected chi connectivity index (χ1v) is 8.28. The van der Waals surface area contributed by atoms with E-state index in [2.05, 4.69) is 0 Å². The zero-order valence-corrected chi connectivity index (χ0v) is 14.5. The van der Waals surface area contributed by atoms with Crippen LogP contribution in [0, 0.1) is 0 Å². The van der Waals surface area contributed by atoms with Crippen molar-refractivity contribution in [1.82, 2.24) is 4.90 Å². The topological polar surface area (TPSA) is 38.8 Å². The predicted octanol–water partition coefficient (Wildman–Crippen LogP) is 3.95. The molecule has 0 bridgehead atoms. The molecule has 0 aliphatic carbocycles. The predicted molar refractivity (Wildman–Crippen MR) is 93.6 cm³/mol. The van der Waals surface area contributed by atoms with Crippen LogP contribution in [0.25, 0.3) is 0 Å². The molecule has 1 aliphatic rings. The molecule has 126 valence electrons.